The van der Waals surface area contributed by atoms with Gasteiger partial charge in [-0.25, -0.2) is 4.79 Å². The fourth-order valence-electron chi connectivity index (χ4n) is 3.63. The SMILES string of the molecule is O=C(O)COc1cc2c(c(Cl)c1Cl)/C(=N\O)C1(CCCC1)C2. The Balaban J connectivity index is 2.05. The van der Waals surface area contributed by atoms with E-state index in [2.05, 4.69) is 5.16 Å². The molecule has 7 heteroatoms. The minimum absolute atomic E-state index is 0.151. The summed E-state index contributed by atoms with van der Waals surface area (Å²) in [7, 11) is 0. The van der Waals surface area contributed by atoms with Crippen LogP contribution in [0.3, 0.4) is 0 Å². The van der Waals surface area contributed by atoms with Crippen LogP contribution in [-0.4, -0.2) is 28.6 Å². The third kappa shape index (κ3) is 2.32. The lowest BCUT2D eigenvalue weighted by atomic mass is 9.81. The second-order valence-electron chi connectivity index (χ2n) is 5.83. The number of hydrogen-bond donors (Lipinski definition) is 2. The Morgan fingerprint density at radius 2 is 2.00 bits per heavy atom. The van der Waals surface area contributed by atoms with E-state index in [0.29, 0.717) is 17.7 Å². The molecule has 0 atom stereocenters. The summed E-state index contributed by atoms with van der Waals surface area (Å²) in [5.74, 6) is -0.835. The Morgan fingerprint density at radius 1 is 1.32 bits per heavy atom. The molecule has 3 rings (SSSR count). The summed E-state index contributed by atoms with van der Waals surface area (Å²) < 4.78 is 5.21. The fraction of sp³-hybridized carbons (Fsp3) is 0.467. The van der Waals surface area contributed by atoms with Crippen LogP contribution in [0.5, 0.6) is 5.75 Å². The first-order valence-corrected chi connectivity index (χ1v) is 7.82. The number of oxime groups is 1. The first-order chi connectivity index (χ1) is 10.5. The van der Waals surface area contributed by atoms with Gasteiger partial charge in [-0.2, -0.15) is 0 Å². The highest BCUT2D eigenvalue weighted by Gasteiger charge is 2.47. The molecule has 1 fully saturated rings. The van der Waals surface area contributed by atoms with Gasteiger partial charge in [0, 0.05) is 11.0 Å². The summed E-state index contributed by atoms with van der Waals surface area (Å²) >= 11 is 12.5. The Bertz CT molecular complexity index is 666. The number of carbonyl (C=O) groups is 1. The summed E-state index contributed by atoms with van der Waals surface area (Å²) in [5, 5.41) is 22.1. The standard InChI is InChI=1S/C15H15Cl2NO4/c16-12-9(22-7-10(19)20)5-8-6-15(3-1-2-4-15)14(18-21)11(8)13(12)17/h5,21H,1-4,6-7H2,(H,19,20)/b18-14+. The lowest BCUT2D eigenvalue weighted by Gasteiger charge is -2.22. The van der Waals surface area contributed by atoms with Crippen LogP contribution in [0.2, 0.25) is 10.0 Å². The molecule has 0 bridgehead atoms. The third-order valence-corrected chi connectivity index (χ3v) is 5.38. The van der Waals surface area contributed by atoms with Crippen LogP contribution in [0.25, 0.3) is 0 Å². The van der Waals surface area contributed by atoms with Crippen LogP contribution in [0.1, 0.15) is 36.8 Å². The van der Waals surface area contributed by atoms with Gasteiger partial charge in [0.25, 0.3) is 0 Å². The van der Waals surface area contributed by atoms with E-state index < -0.39 is 12.6 Å². The molecule has 0 amide bonds. The van der Waals surface area contributed by atoms with Gasteiger partial charge in [0.1, 0.15) is 10.8 Å². The van der Waals surface area contributed by atoms with Crippen molar-refractivity contribution in [3.8, 4) is 5.75 Å². The molecule has 2 N–H and O–H groups in total. The number of ether oxygens (including phenoxy) is 1. The zero-order chi connectivity index (χ0) is 15.9. The van der Waals surface area contributed by atoms with E-state index in [4.69, 9.17) is 33.0 Å². The molecule has 1 saturated carbocycles. The van der Waals surface area contributed by atoms with Crippen molar-refractivity contribution >= 4 is 34.9 Å². The van der Waals surface area contributed by atoms with Gasteiger partial charge in [-0.05, 0) is 30.9 Å². The van der Waals surface area contributed by atoms with Crippen molar-refractivity contribution in [2.45, 2.75) is 32.1 Å². The molecule has 2 aliphatic carbocycles. The van der Waals surface area contributed by atoms with Crippen molar-refractivity contribution in [1.29, 1.82) is 0 Å². The minimum Gasteiger partial charge on any atom is -0.480 e. The van der Waals surface area contributed by atoms with Crippen LogP contribution in [0, 0.1) is 5.41 Å². The van der Waals surface area contributed by atoms with E-state index in [0.717, 1.165) is 31.2 Å². The highest BCUT2D eigenvalue weighted by molar-refractivity contribution is 6.45. The Morgan fingerprint density at radius 3 is 2.59 bits per heavy atom. The maximum atomic E-state index is 10.7. The number of rotatable bonds is 3. The normalized spacial score (nSPS) is 20.5. The molecule has 2 aliphatic rings. The largest absolute Gasteiger partial charge is 0.480 e. The number of nitrogens with zero attached hydrogens (tertiary/aromatic N) is 1. The van der Waals surface area contributed by atoms with Crippen molar-refractivity contribution < 1.29 is 19.8 Å². The Hall–Kier alpha value is -1.46. The van der Waals surface area contributed by atoms with E-state index in [-0.39, 0.29) is 21.2 Å². The van der Waals surface area contributed by atoms with Crippen LogP contribution in [-0.2, 0) is 11.2 Å². The van der Waals surface area contributed by atoms with Crippen molar-refractivity contribution in [3.05, 3.63) is 27.2 Å². The highest BCUT2D eigenvalue weighted by atomic mass is 35.5. The van der Waals surface area contributed by atoms with E-state index in [1.807, 2.05) is 0 Å². The molecule has 0 aromatic heterocycles. The number of carboxylic acids is 1. The van der Waals surface area contributed by atoms with Crippen LogP contribution < -0.4 is 4.74 Å². The molecule has 1 aromatic rings. The second-order valence-corrected chi connectivity index (χ2v) is 6.59. The molecule has 0 radical (unpaired) electrons. The number of fused-ring (bicyclic) bond motifs is 1. The fourth-order valence-corrected chi connectivity index (χ4v) is 4.14. The summed E-state index contributed by atoms with van der Waals surface area (Å²) in [5.41, 5.74) is 1.97. The summed E-state index contributed by atoms with van der Waals surface area (Å²) in [4.78, 5) is 10.7. The topological polar surface area (TPSA) is 79.1 Å². The van der Waals surface area contributed by atoms with Crippen LogP contribution >= 0.6 is 23.2 Å². The van der Waals surface area contributed by atoms with Crippen molar-refractivity contribution in [1.82, 2.24) is 0 Å². The van der Waals surface area contributed by atoms with Gasteiger partial charge >= 0.3 is 5.97 Å². The first-order valence-electron chi connectivity index (χ1n) is 7.07. The first kappa shape index (κ1) is 15.4. The Labute approximate surface area is 137 Å². The monoisotopic (exact) mass is 343 g/mol. The molecular formula is C15H15Cl2NO4. The molecule has 1 spiro atoms. The lowest BCUT2D eigenvalue weighted by molar-refractivity contribution is -0.139. The molecule has 22 heavy (non-hydrogen) atoms. The predicted molar refractivity (Wildman–Crippen MR) is 82.5 cm³/mol. The van der Waals surface area contributed by atoms with Gasteiger partial charge < -0.3 is 15.1 Å². The zero-order valence-electron chi connectivity index (χ0n) is 11.7. The van der Waals surface area contributed by atoms with Gasteiger partial charge in [0.15, 0.2) is 6.61 Å². The van der Waals surface area contributed by atoms with E-state index in [1.54, 1.807) is 6.07 Å². The van der Waals surface area contributed by atoms with Crippen molar-refractivity contribution in [3.63, 3.8) is 0 Å². The molecule has 0 aliphatic heterocycles. The maximum Gasteiger partial charge on any atom is 0.341 e. The predicted octanol–water partition coefficient (Wildman–Crippen LogP) is 3.75. The number of carboxylic acid groups (broad SMARTS) is 1. The molecule has 0 saturated heterocycles. The average Bonchev–Trinajstić information content (AvgIpc) is 3.06. The van der Waals surface area contributed by atoms with Gasteiger partial charge in [-0.1, -0.05) is 41.2 Å². The Kier molecular flexibility index (Phi) is 3.95. The average molecular weight is 344 g/mol. The molecular weight excluding hydrogens is 329 g/mol. The zero-order valence-corrected chi connectivity index (χ0v) is 13.2. The van der Waals surface area contributed by atoms with E-state index in [1.165, 1.54) is 0 Å². The van der Waals surface area contributed by atoms with Gasteiger partial charge in [-0.3, -0.25) is 0 Å². The lowest BCUT2D eigenvalue weighted by Crippen LogP contribution is -2.25. The molecule has 0 unspecified atom stereocenters. The van der Waals surface area contributed by atoms with Crippen molar-refractivity contribution in [2.75, 3.05) is 6.61 Å². The highest BCUT2D eigenvalue weighted by Crippen LogP contribution is 2.53. The summed E-state index contributed by atoms with van der Waals surface area (Å²) in [6, 6.07) is 1.71. The molecule has 0 heterocycles. The van der Waals surface area contributed by atoms with Crippen molar-refractivity contribution in [2.24, 2.45) is 10.6 Å². The molecule has 5 nitrogen and oxygen atoms in total. The summed E-state index contributed by atoms with van der Waals surface area (Å²) in [6.45, 7) is -0.485. The maximum absolute atomic E-state index is 10.7. The third-order valence-electron chi connectivity index (χ3n) is 4.53. The second kappa shape index (κ2) is 5.63. The molecule has 118 valence electrons. The number of aliphatic carboxylic acids is 1. The number of hydrogen-bond acceptors (Lipinski definition) is 4. The quantitative estimate of drug-likeness (QED) is 0.647. The number of halogens is 2. The minimum atomic E-state index is -1.09. The molecule has 1 aromatic carbocycles. The van der Waals surface area contributed by atoms with Crippen LogP contribution in [0.15, 0.2) is 11.2 Å². The van der Waals surface area contributed by atoms with Crippen LogP contribution in [0.4, 0.5) is 0 Å². The number of benzene rings is 1. The smallest absolute Gasteiger partial charge is 0.341 e. The van der Waals surface area contributed by atoms with Gasteiger partial charge in [0.2, 0.25) is 0 Å². The van der Waals surface area contributed by atoms with Gasteiger partial charge in [0.05, 0.1) is 10.7 Å². The van der Waals surface area contributed by atoms with E-state index in [9.17, 15) is 10.0 Å². The summed E-state index contributed by atoms with van der Waals surface area (Å²) in [6.07, 6.45) is 4.77. The van der Waals surface area contributed by atoms with Gasteiger partial charge in [-0.15, -0.1) is 0 Å². The van der Waals surface area contributed by atoms with E-state index >= 15 is 0 Å².